The third-order valence-electron chi connectivity index (χ3n) is 4.05. The molecule has 1 aromatic rings. The number of amides is 1. The number of carbonyl (C=O) groups is 1. The van der Waals surface area contributed by atoms with Gasteiger partial charge in [-0.1, -0.05) is 11.6 Å². The molecule has 3 rings (SSSR count). The number of halogens is 1. The fourth-order valence-electron chi connectivity index (χ4n) is 2.95. The van der Waals surface area contributed by atoms with Crippen molar-refractivity contribution in [2.45, 2.75) is 23.8 Å². The van der Waals surface area contributed by atoms with Gasteiger partial charge in [0.15, 0.2) is 0 Å². The summed E-state index contributed by atoms with van der Waals surface area (Å²) in [5.41, 5.74) is 5.93. The van der Waals surface area contributed by atoms with Crippen molar-refractivity contribution in [2.24, 2.45) is 0 Å². The number of rotatable bonds is 2. The van der Waals surface area contributed by atoms with Crippen LogP contribution in [0.3, 0.4) is 0 Å². The Labute approximate surface area is 128 Å². The number of piperazine rings is 1. The van der Waals surface area contributed by atoms with Crippen molar-refractivity contribution < 1.29 is 13.2 Å². The molecule has 1 atom stereocenters. The highest BCUT2D eigenvalue weighted by molar-refractivity contribution is 7.89. The SMILES string of the molecule is Nc1cc(Cl)ccc1S(=O)(=O)N1CCN2C(=O)CCC2C1. The van der Waals surface area contributed by atoms with Gasteiger partial charge in [-0.3, -0.25) is 4.79 Å². The van der Waals surface area contributed by atoms with Gasteiger partial charge in [-0.15, -0.1) is 0 Å². The van der Waals surface area contributed by atoms with Crippen molar-refractivity contribution >= 4 is 33.2 Å². The van der Waals surface area contributed by atoms with Crippen molar-refractivity contribution in [1.82, 2.24) is 9.21 Å². The molecule has 0 radical (unpaired) electrons. The first kappa shape index (κ1) is 14.6. The molecule has 114 valence electrons. The zero-order valence-corrected chi connectivity index (χ0v) is 12.9. The number of fused-ring (bicyclic) bond motifs is 1. The van der Waals surface area contributed by atoms with Crippen molar-refractivity contribution in [1.29, 1.82) is 0 Å². The molecule has 1 aromatic carbocycles. The third kappa shape index (κ3) is 2.49. The molecule has 2 aliphatic rings. The average Bonchev–Trinajstić information content (AvgIpc) is 2.79. The molecule has 0 saturated carbocycles. The fraction of sp³-hybridized carbons (Fsp3) is 0.462. The molecule has 0 aromatic heterocycles. The molecule has 21 heavy (non-hydrogen) atoms. The minimum atomic E-state index is -3.65. The molecule has 2 fully saturated rings. The lowest BCUT2D eigenvalue weighted by Crippen LogP contribution is -2.53. The third-order valence-corrected chi connectivity index (χ3v) is 6.22. The molecule has 1 amide bonds. The van der Waals surface area contributed by atoms with Crippen LogP contribution in [0, 0.1) is 0 Å². The van der Waals surface area contributed by atoms with Crippen LogP contribution in [-0.2, 0) is 14.8 Å². The lowest BCUT2D eigenvalue weighted by atomic mass is 10.2. The van der Waals surface area contributed by atoms with Gasteiger partial charge in [0.25, 0.3) is 0 Å². The average molecular weight is 330 g/mol. The molecule has 0 spiro atoms. The van der Waals surface area contributed by atoms with Crippen molar-refractivity contribution in [3.63, 3.8) is 0 Å². The van der Waals surface area contributed by atoms with Crippen LogP contribution in [0.4, 0.5) is 5.69 Å². The number of nitrogens with zero attached hydrogens (tertiary/aromatic N) is 2. The molecule has 6 nitrogen and oxygen atoms in total. The van der Waals surface area contributed by atoms with E-state index in [1.807, 2.05) is 0 Å². The standard InChI is InChI=1S/C13H16ClN3O3S/c14-9-1-3-12(11(15)7-9)21(19,20)16-5-6-17-10(8-16)2-4-13(17)18/h1,3,7,10H,2,4-6,8,15H2. The van der Waals surface area contributed by atoms with E-state index in [1.165, 1.54) is 22.5 Å². The van der Waals surface area contributed by atoms with Gasteiger partial charge in [0.2, 0.25) is 15.9 Å². The highest BCUT2D eigenvalue weighted by Crippen LogP contribution is 2.29. The Balaban J connectivity index is 1.87. The minimum absolute atomic E-state index is 0.0189. The fourth-order valence-corrected chi connectivity index (χ4v) is 4.69. The summed E-state index contributed by atoms with van der Waals surface area (Å²) in [6, 6.07) is 4.36. The zero-order chi connectivity index (χ0) is 15.2. The normalized spacial score (nSPS) is 23.4. The minimum Gasteiger partial charge on any atom is -0.398 e. The van der Waals surface area contributed by atoms with E-state index >= 15 is 0 Å². The summed E-state index contributed by atoms with van der Waals surface area (Å²) in [6.07, 6.45) is 1.21. The number of nitrogen functional groups attached to an aromatic ring is 1. The van der Waals surface area contributed by atoms with Gasteiger partial charge in [-0.05, 0) is 24.6 Å². The maximum atomic E-state index is 12.7. The van der Waals surface area contributed by atoms with Gasteiger partial charge in [-0.25, -0.2) is 8.42 Å². The number of nitrogens with two attached hydrogens (primary N) is 1. The van der Waals surface area contributed by atoms with Gasteiger partial charge in [0.05, 0.1) is 5.69 Å². The zero-order valence-electron chi connectivity index (χ0n) is 11.3. The van der Waals surface area contributed by atoms with Gasteiger partial charge in [0, 0.05) is 37.1 Å². The summed E-state index contributed by atoms with van der Waals surface area (Å²) in [5.74, 6) is 0.114. The van der Waals surface area contributed by atoms with Gasteiger partial charge >= 0.3 is 0 Å². The van der Waals surface area contributed by atoms with Crippen LogP contribution in [0.1, 0.15) is 12.8 Å². The molecule has 2 heterocycles. The maximum absolute atomic E-state index is 12.7. The first-order chi connectivity index (χ1) is 9.89. The smallest absolute Gasteiger partial charge is 0.245 e. The first-order valence-electron chi connectivity index (χ1n) is 6.74. The van der Waals surface area contributed by atoms with Crippen LogP contribution in [-0.4, -0.2) is 49.2 Å². The van der Waals surface area contributed by atoms with Crippen LogP contribution in [0.15, 0.2) is 23.1 Å². The second-order valence-corrected chi connectivity index (χ2v) is 7.67. The Morgan fingerprint density at radius 3 is 2.76 bits per heavy atom. The van der Waals surface area contributed by atoms with Crippen LogP contribution in [0.25, 0.3) is 0 Å². The number of carbonyl (C=O) groups excluding carboxylic acids is 1. The second-order valence-electron chi connectivity index (χ2n) is 5.32. The Morgan fingerprint density at radius 1 is 1.29 bits per heavy atom. The molecular weight excluding hydrogens is 314 g/mol. The Bertz CT molecular complexity index is 692. The van der Waals surface area contributed by atoms with E-state index < -0.39 is 10.0 Å². The monoisotopic (exact) mass is 329 g/mol. The predicted molar refractivity (Wildman–Crippen MR) is 79.4 cm³/mol. The van der Waals surface area contributed by atoms with Crippen molar-refractivity contribution in [3.05, 3.63) is 23.2 Å². The van der Waals surface area contributed by atoms with E-state index in [0.717, 1.165) is 0 Å². The highest BCUT2D eigenvalue weighted by atomic mass is 35.5. The van der Waals surface area contributed by atoms with E-state index in [4.69, 9.17) is 17.3 Å². The summed E-state index contributed by atoms with van der Waals surface area (Å²) in [7, 11) is -3.65. The Kier molecular flexibility index (Phi) is 3.59. The lowest BCUT2D eigenvalue weighted by molar-refractivity contribution is -0.130. The van der Waals surface area contributed by atoms with E-state index in [0.29, 0.717) is 37.5 Å². The number of sulfonamides is 1. The largest absolute Gasteiger partial charge is 0.398 e. The van der Waals surface area contributed by atoms with Crippen molar-refractivity contribution in [2.75, 3.05) is 25.4 Å². The van der Waals surface area contributed by atoms with E-state index in [9.17, 15) is 13.2 Å². The predicted octanol–water partition coefficient (Wildman–Crippen LogP) is 0.917. The quantitative estimate of drug-likeness (QED) is 0.818. The van der Waals surface area contributed by atoms with Gasteiger partial charge < -0.3 is 10.6 Å². The van der Waals surface area contributed by atoms with Crippen LogP contribution < -0.4 is 5.73 Å². The number of benzene rings is 1. The van der Waals surface area contributed by atoms with Crippen LogP contribution in [0.5, 0.6) is 0 Å². The molecule has 1 unspecified atom stereocenters. The molecule has 2 saturated heterocycles. The molecule has 8 heteroatoms. The first-order valence-corrected chi connectivity index (χ1v) is 8.56. The van der Waals surface area contributed by atoms with E-state index in [-0.39, 0.29) is 22.5 Å². The maximum Gasteiger partial charge on any atom is 0.245 e. The molecule has 2 aliphatic heterocycles. The van der Waals surface area contributed by atoms with Gasteiger partial charge in [0.1, 0.15) is 4.90 Å². The highest BCUT2D eigenvalue weighted by Gasteiger charge is 2.39. The Morgan fingerprint density at radius 2 is 2.05 bits per heavy atom. The van der Waals surface area contributed by atoms with Crippen LogP contribution >= 0.6 is 11.6 Å². The second kappa shape index (κ2) is 5.15. The number of hydrogen-bond donors (Lipinski definition) is 1. The van der Waals surface area contributed by atoms with E-state index in [1.54, 1.807) is 4.90 Å². The number of hydrogen-bond acceptors (Lipinski definition) is 4. The summed E-state index contributed by atoms with van der Waals surface area (Å²) < 4.78 is 26.8. The molecular formula is C13H16ClN3O3S. The van der Waals surface area contributed by atoms with Gasteiger partial charge in [-0.2, -0.15) is 4.31 Å². The summed E-state index contributed by atoms with van der Waals surface area (Å²) in [4.78, 5) is 13.5. The topological polar surface area (TPSA) is 83.7 Å². The Hall–Kier alpha value is -1.31. The lowest BCUT2D eigenvalue weighted by Gasteiger charge is -2.36. The summed E-state index contributed by atoms with van der Waals surface area (Å²) in [5, 5.41) is 0.401. The summed E-state index contributed by atoms with van der Waals surface area (Å²) >= 11 is 5.81. The van der Waals surface area contributed by atoms with E-state index in [2.05, 4.69) is 0 Å². The molecule has 0 aliphatic carbocycles. The van der Waals surface area contributed by atoms with Crippen molar-refractivity contribution in [3.8, 4) is 0 Å². The summed E-state index contributed by atoms with van der Waals surface area (Å²) in [6.45, 7) is 1.07. The molecule has 0 bridgehead atoms. The number of anilines is 1. The molecule has 2 N–H and O–H groups in total. The van der Waals surface area contributed by atoms with Crippen LogP contribution in [0.2, 0.25) is 5.02 Å².